The monoisotopic (exact) mass is 226 g/mol. The molecule has 0 saturated heterocycles. The van der Waals surface area contributed by atoms with Gasteiger partial charge in [0.05, 0.1) is 13.2 Å². The van der Waals surface area contributed by atoms with E-state index in [1.54, 1.807) is 25.8 Å². The van der Waals surface area contributed by atoms with Gasteiger partial charge >= 0.3 is 0 Å². The topological polar surface area (TPSA) is 29.5 Å². The van der Waals surface area contributed by atoms with Crippen LogP contribution in [-0.2, 0) is 6.42 Å². The highest BCUT2D eigenvalue weighted by Crippen LogP contribution is 2.32. The Hall–Kier alpha value is -0.670. The maximum absolute atomic E-state index is 9.47. The lowest BCUT2D eigenvalue weighted by molar-refractivity contribution is 0.193. The second kappa shape index (κ2) is 5.42. The molecule has 1 unspecified atom stereocenters. The molecule has 0 fully saturated rings. The first-order valence-electron chi connectivity index (χ1n) is 4.98. The molecule has 1 atom stereocenters. The molecule has 0 aliphatic carbocycles. The molecule has 3 heteroatoms. The zero-order valence-electron chi connectivity index (χ0n) is 9.70. The maximum atomic E-state index is 9.47. The van der Waals surface area contributed by atoms with Gasteiger partial charge in [-0.1, -0.05) is 6.07 Å². The van der Waals surface area contributed by atoms with Crippen LogP contribution in [0.15, 0.2) is 17.0 Å². The molecular weight excluding hydrogens is 208 g/mol. The van der Waals surface area contributed by atoms with Gasteiger partial charge in [0, 0.05) is 16.9 Å². The number of hydrogen-bond donors (Lipinski definition) is 1. The predicted molar refractivity (Wildman–Crippen MR) is 64.9 cm³/mol. The van der Waals surface area contributed by atoms with Crippen LogP contribution in [0.4, 0.5) is 0 Å². The third kappa shape index (κ3) is 2.89. The zero-order chi connectivity index (χ0) is 11.4. The minimum absolute atomic E-state index is 0.341. The highest BCUT2D eigenvalue weighted by Gasteiger charge is 2.13. The van der Waals surface area contributed by atoms with Crippen LogP contribution < -0.4 is 4.74 Å². The fraction of sp³-hybridized carbons (Fsp3) is 0.500. The molecule has 0 aliphatic heterocycles. The molecule has 0 aromatic heterocycles. The smallest absolute Gasteiger partial charge is 0.126 e. The van der Waals surface area contributed by atoms with Crippen molar-refractivity contribution in [2.75, 3.05) is 13.4 Å². The van der Waals surface area contributed by atoms with Crippen molar-refractivity contribution in [3.63, 3.8) is 0 Å². The highest BCUT2D eigenvalue weighted by atomic mass is 32.2. The minimum Gasteiger partial charge on any atom is -0.496 e. The predicted octanol–water partition coefficient (Wildman–Crippen LogP) is 2.65. The molecule has 84 valence electrons. The molecule has 1 aromatic rings. The van der Waals surface area contributed by atoms with Gasteiger partial charge in [-0.25, -0.2) is 0 Å². The van der Waals surface area contributed by atoms with Crippen molar-refractivity contribution >= 4 is 11.8 Å². The van der Waals surface area contributed by atoms with E-state index in [2.05, 4.69) is 12.1 Å². The average Bonchev–Trinajstić information content (AvgIpc) is 2.18. The van der Waals surface area contributed by atoms with Crippen LogP contribution in [0.5, 0.6) is 5.75 Å². The van der Waals surface area contributed by atoms with Crippen LogP contribution in [0.2, 0.25) is 0 Å². The van der Waals surface area contributed by atoms with E-state index >= 15 is 0 Å². The van der Waals surface area contributed by atoms with Gasteiger partial charge in [-0.3, -0.25) is 0 Å². The van der Waals surface area contributed by atoms with E-state index in [-0.39, 0.29) is 6.10 Å². The lowest BCUT2D eigenvalue weighted by Crippen LogP contribution is -2.07. The third-order valence-electron chi connectivity index (χ3n) is 2.34. The van der Waals surface area contributed by atoms with Crippen molar-refractivity contribution in [3.8, 4) is 5.75 Å². The molecule has 1 aromatic carbocycles. The Balaban J connectivity index is 3.21. The van der Waals surface area contributed by atoms with Crippen LogP contribution in [0.3, 0.4) is 0 Å². The summed E-state index contributed by atoms with van der Waals surface area (Å²) in [4.78, 5) is 1.18. The number of thioether (sulfide) groups is 1. The van der Waals surface area contributed by atoms with Crippen molar-refractivity contribution in [2.45, 2.75) is 31.3 Å². The van der Waals surface area contributed by atoms with Crippen molar-refractivity contribution in [1.82, 2.24) is 0 Å². The largest absolute Gasteiger partial charge is 0.496 e. The molecule has 0 spiro atoms. The normalized spacial score (nSPS) is 12.6. The SMILES string of the molecule is COc1c(C)ccc(SC)c1CC(C)O. The Morgan fingerprint density at radius 2 is 2.13 bits per heavy atom. The molecule has 1 N–H and O–H groups in total. The summed E-state index contributed by atoms with van der Waals surface area (Å²) in [5.41, 5.74) is 2.23. The summed E-state index contributed by atoms with van der Waals surface area (Å²) in [6.07, 6.45) is 2.34. The van der Waals surface area contributed by atoms with E-state index in [0.29, 0.717) is 6.42 Å². The lowest BCUT2D eigenvalue weighted by atomic mass is 10.0. The maximum Gasteiger partial charge on any atom is 0.126 e. The second-order valence-electron chi connectivity index (χ2n) is 3.65. The molecule has 1 rings (SSSR count). The summed E-state index contributed by atoms with van der Waals surface area (Å²) in [6, 6.07) is 4.14. The first-order chi connectivity index (χ1) is 7.10. The van der Waals surface area contributed by atoms with Crippen molar-refractivity contribution in [3.05, 3.63) is 23.3 Å². The highest BCUT2D eigenvalue weighted by molar-refractivity contribution is 7.98. The molecule has 15 heavy (non-hydrogen) atoms. The van der Waals surface area contributed by atoms with Gasteiger partial charge in [-0.15, -0.1) is 11.8 Å². The molecule has 0 bridgehead atoms. The molecule has 0 saturated carbocycles. The molecule has 0 heterocycles. The summed E-state index contributed by atoms with van der Waals surface area (Å²) in [7, 11) is 1.68. The van der Waals surface area contributed by atoms with Crippen LogP contribution in [0.25, 0.3) is 0 Å². The number of aliphatic hydroxyl groups is 1. The fourth-order valence-electron chi connectivity index (χ4n) is 1.69. The van der Waals surface area contributed by atoms with Crippen LogP contribution >= 0.6 is 11.8 Å². The Morgan fingerprint density at radius 3 is 2.60 bits per heavy atom. The van der Waals surface area contributed by atoms with Gasteiger partial charge in [-0.05, 0) is 31.7 Å². The third-order valence-corrected chi connectivity index (χ3v) is 3.16. The number of methoxy groups -OCH3 is 1. The fourth-order valence-corrected chi connectivity index (χ4v) is 2.32. The van der Waals surface area contributed by atoms with Crippen molar-refractivity contribution in [1.29, 1.82) is 0 Å². The Morgan fingerprint density at radius 1 is 1.47 bits per heavy atom. The molecule has 0 amide bonds. The Bertz CT molecular complexity index is 335. The number of benzene rings is 1. The first-order valence-corrected chi connectivity index (χ1v) is 6.21. The van der Waals surface area contributed by atoms with Gasteiger partial charge < -0.3 is 9.84 Å². The minimum atomic E-state index is -0.341. The summed E-state index contributed by atoms with van der Waals surface area (Å²) in [5.74, 6) is 0.905. The van der Waals surface area contributed by atoms with Crippen LogP contribution in [0.1, 0.15) is 18.1 Å². The summed E-state index contributed by atoms with van der Waals surface area (Å²) >= 11 is 1.68. The summed E-state index contributed by atoms with van der Waals surface area (Å²) in [6.45, 7) is 3.82. The number of aliphatic hydroxyl groups excluding tert-OH is 1. The quantitative estimate of drug-likeness (QED) is 0.800. The molecule has 2 nitrogen and oxygen atoms in total. The summed E-state index contributed by atoms with van der Waals surface area (Å²) in [5, 5.41) is 9.47. The molecule has 0 aliphatic rings. The van der Waals surface area contributed by atoms with Crippen LogP contribution in [0, 0.1) is 6.92 Å². The van der Waals surface area contributed by atoms with Crippen molar-refractivity contribution in [2.24, 2.45) is 0 Å². The zero-order valence-corrected chi connectivity index (χ0v) is 10.5. The van der Waals surface area contributed by atoms with Gasteiger partial charge in [0.25, 0.3) is 0 Å². The van der Waals surface area contributed by atoms with E-state index in [9.17, 15) is 5.11 Å². The molecular formula is C12H18O2S. The Labute approximate surface area is 95.7 Å². The van der Waals surface area contributed by atoms with E-state index in [0.717, 1.165) is 16.9 Å². The average molecular weight is 226 g/mol. The van der Waals surface area contributed by atoms with E-state index < -0.39 is 0 Å². The van der Waals surface area contributed by atoms with E-state index in [1.807, 2.05) is 13.2 Å². The van der Waals surface area contributed by atoms with Gasteiger partial charge in [0.15, 0.2) is 0 Å². The van der Waals surface area contributed by atoms with Gasteiger partial charge in [0.2, 0.25) is 0 Å². The van der Waals surface area contributed by atoms with E-state index in [1.165, 1.54) is 4.90 Å². The van der Waals surface area contributed by atoms with Crippen molar-refractivity contribution < 1.29 is 9.84 Å². The molecule has 0 radical (unpaired) electrons. The van der Waals surface area contributed by atoms with Gasteiger partial charge in [-0.2, -0.15) is 0 Å². The first kappa shape index (κ1) is 12.4. The number of rotatable bonds is 4. The lowest BCUT2D eigenvalue weighted by Gasteiger charge is -2.16. The number of ether oxygens (including phenoxy) is 1. The van der Waals surface area contributed by atoms with E-state index in [4.69, 9.17) is 4.74 Å². The number of aryl methyl sites for hydroxylation is 1. The number of hydrogen-bond acceptors (Lipinski definition) is 3. The van der Waals surface area contributed by atoms with Gasteiger partial charge in [0.1, 0.15) is 5.75 Å². The van der Waals surface area contributed by atoms with Crippen LogP contribution in [-0.4, -0.2) is 24.6 Å². The standard InChI is InChI=1S/C12H18O2S/c1-8-5-6-11(15-4)10(7-9(2)13)12(8)14-3/h5-6,9,13H,7H2,1-4H3. The second-order valence-corrected chi connectivity index (χ2v) is 4.50. The Kier molecular flexibility index (Phi) is 4.48. The summed E-state index contributed by atoms with van der Waals surface area (Å²) < 4.78 is 5.40.